The van der Waals surface area contributed by atoms with Crippen molar-refractivity contribution < 1.29 is 13.2 Å². The summed E-state index contributed by atoms with van der Waals surface area (Å²) in [6, 6.07) is 8.87. The topological polar surface area (TPSA) is 67.2 Å². The van der Waals surface area contributed by atoms with Gasteiger partial charge in [0.05, 0.1) is 29.6 Å². The van der Waals surface area contributed by atoms with Gasteiger partial charge in [0.2, 0.25) is 0 Å². The summed E-state index contributed by atoms with van der Waals surface area (Å²) < 4.78 is 27.8. The maximum Gasteiger partial charge on any atom is 0.175 e. The van der Waals surface area contributed by atoms with Gasteiger partial charge in [-0.2, -0.15) is 5.26 Å². The number of rotatable bonds is 3. The van der Waals surface area contributed by atoms with E-state index in [1.807, 2.05) is 0 Å². The van der Waals surface area contributed by atoms with Gasteiger partial charge >= 0.3 is 0 Å². The molecule has 0 spiro atoms. The lowest BCUT2D eigenvalue weighted by Gasteiger charge is -2.40. The first-order valence-corrected chi connectivity index (χ1v) is 7.12. The van der Waals surface area contributed by atoms with Crippen LogP contribution in [0, 0.1) is 11.3 Å². The van der Waals surface area contributed by atoms with E-state index in [9.17, 15) is 8.42 Å². The zero-order chi connectivity index (χ0) is 12.5. The highest BCUT2D eigenvalue weighted by atomic mass is 32.2. The zero-order valence-corrected chi connectivity index (χ0v) is 10.3. The van der Waals surface area contributed by atoms with Gasteiger partial charge in [0.1, 0.15) is 0 Å². The summed E-state index contributed by atoms with van der Waals surface area (Å²) in [5.74, 6) is 0. The van der Waals surface area contributed by atoms with Crippen LogP contribution >= 0.6 is 0 Å². The molecule has 0 saturated carbocycles. The van der Waals surface area contributed by atoms with E-state index in [0.717, 1.165) is 5.56 Å². The van der Waals surface area contributed by atoms with E-state index in [-0.39, 0.29) is 5.41 Å². The van der Waals surface area contributed by atoms with Crippen molar-refractivity contribution in [3.63, 3.8) is 0 Å². The van der Waals surface area contributed by atoms with Gasteiger partial charge in [0.15, 0.2) is 9.84 Å². The molecule has 5 heteroatoms. The molecule has 1 aromatic rings. The van der Waals surface area contributed by atoms with Crippen molar-refractivity contribution in [3.8, 4) is 6.07 Å². The largest absolute Gasteiger partial charge is 0.379 e. The maximum absolute atomic E-state index is 11.3. The van der Waals surface area contributed by atoms with Crippen LogP contribution in [-0.4, -0.2) is 27.9 Å². The molecular formula is C12H13NO3S. The molecule has 4 nitrogen and oxygen atoms in total. The highest BCUT2D eigenvalue weighted by Gasteiger charge is 2.40. The molecule has 1 aromatic carbocycles. The van der Waals surface area contributed by atoms with Crippen LogP contribution in [0.4, 0.5) is 0 Å². The van der Waals surface area contributed by atoms with Gasteiger partial charge < -0.3 is 4.74 Å². The highest BCUT2D eigenvalue weighted by molar-refractivity contribution is 7.90. The maximum atomic E-state index is 11.3. The van der Waals surface area contributed by atoms with Crippen LogP contribution in [0.5, 0.6) is 0 Å². The minimum absolute atomic E-state index is 0.245. The van der Waals surface area contributed by atoms with Crippen LogP contribution in [-0.2, 0) is 20.0 Å². The number of ether oxygens (including phenoxy) is 1. The molecule has 90 valence electrons. The summed E-state index contributed by atoms with van der Waals surface area (Å²) in [4.78, 5) is 0.300. The number of hydrogen-bond acceptors (Lipinski definition) is 4. The van der Waals surface area contributed by atoms with Gasteiger partial charge in [0, 0.05) is 12.7 Å². The van der Waals surface area contributed by atoms with E-state index < -0.39 is 9.84 Å². The Morgan fingerprint density at radius 1 is 1.35 bits per heavy atom. The Bertz CT molecular complexity index is 550. The summed E-state index contributed by atoms with van der Waals surface area (Å²) in [7, 11) is -3.16. The Morgan fingerprint density at radius 3 is 2.29 bits per heavy atom. The molecule has 2 rings (SSSR count). The first kappa shape index (κ1) is 12.1. The Hall–Kier alpha value is -1.38. The summed E-state index contributed by atoms with van der Waals surface area (Å²) in [5.41, 5.74) is 0.725. The molecule has 0 radical (unpaired) electrons. The Labute approximate surface area is 101 Å². The molecule has 0 aromatic heterocycles. The molecule has 1 fully saturated rings. The van der Waals surface area contributed by atoms with Crippen LogP contribution in [0.25, 0.3) is 0 Å². The molecule has 17 heavy (non-hydrogen) atoms. The molecule has 0 aliphatic carbocycles. The summed E-state index contributed by atoms with van der Waals surface area (Å²) in [6.45, 7) is 1.05. The van der Waals surface area contributed by atoms with Crippen LogP contribution in [0.2, 0.25) is 0 Å². The molecule has 1 aliphatic heterocycles. The average Bonchev–Trinajstić information content (AvgIpc) is 2.22. The number of sulfone groups is 1. The summed E-state index contributed by atoms with van der Waals surface area (Å²) in [5, 5.41) is 8.81. The Balaban J connectivity index is 2.33. The van der Waals surface area contributed by atoms with Crippen molar-refractivity contribution in [1.29, 1.82) is 5.26 Å². The van der Waals surface area contributed by atoms with Crippen molar-refractivity contribution in [3.05, 3.63) is 29.8 Å². The van der Waals surface area contributed by atoms with Crippen LogP contribution in [0.15, 0.2) is 29.2 Å². The number of hydrogen-bond donors (Lipinski definition) is 0. The lowest BCUT2D eigenvalue weighted by molar-refractivity contribution is -0.0577. The fourth-order valence-corrected chi connectivity index (χ4v) is 2.56. The second kappa shape index (κ2) is 4.13. The van der Waals surface area contributed by atoms with Crippen LogP contribution in [0.1, 0.15) is 12.0 Å². The predicted molar refractivity (Wildman–Crippen MR) is 62.3 cm³/mol. The van der Waals surface area contributed by atoms with Crippen molar-refractivity contribution in [2.24, 2.45) is 0 Å². The standard InChI is InChI=1S/C12H13NO3S/c1-17(14,15)11-4-2-10(3-5-11)12(6-7-13)8-16-9-12/h2-5H,6,8-9H2,1H3. The molecule has 1 aliphatic rings. The number of benzene rings is 1. The fourth-order valence-electron chi connectivity index (χ4n) is 1.93. The second-order valence-corrected chi connectivity index (χ2v) is 6.42. The van der Waals surface area contributed by atoms with Gasteiger partial charge in [-0.15, -0.1) is 0 Å². The van der Waals surface area contributed by atoms with E-state index in [0.29, 0.717) is 24.5 Å². The van der Waals surface area contributed by atoms with E-state index >= 15 is 0 Å². The second-order valence-electron chi connectivity index (χ2n) is 4.40. The third-order valence-electron chi connectivity index (χ3n) is 3.07. The minimum Gasteiger partial charge on any atom is -0.379 e. The van der Waals surface area contributed by atoms with Crippen molar-refractivity contribution >= 4 is 9.84 Å². The molecular weight excluding hydrogens is 238 g/mol. The van der Waals surface area contributed by atoms with Gasteiger partial charge in [-0.25, -0.2) is 8.42 Å². The van der Waals surface area contributed by atoms with Gasteiger partial charge in [-0.1, -0.05) is 12.1 Å². The van der Waals surface area contributed by atoms with E-state index in [2.05, 4.69) is 6.07 Å². The monoisotopic (exact) mass is 251 g/mol. The zero-order valence-electron chi connectivity index (χ0n) is 9.51. The fraction of sp³-hybridized carbons (Fsp3) is 0.417. The molecule has 0 unspecified atom stereocenters. The van der Waals surface area contributed by atoms with Crippen LogP contribution in [0.3, 0.4) is 0 Å². The van der Waals surface area contributed by atoms with Crippen LogP contribution < -0.4 is 0 Å². The van der Waals surface area contributed by atoms with E-state index in [4.69, 9.17) is 10.00 Å². The summed E-state index contributed by atoms with van der Waals surface area (Å²) in [6.07, 6.45) is 1.57. The third-order valence-corrected chi connectivity index (χ3v) is 4.20. The molecule has 0 N–H and O–H groups in total. The van der Waals surface area contributed by atoms with Gasteiger partial charge in [-0.3, -0.25) is 0 Å². The smallest absolute Gasteiger partial charge is 0.175 e. The van der Waals surface area contributed by atoms with Crippen molar-refractivity contribution in [2.45, 2.75) is 16.7 Å². The predicted octanol–water partition coefficient (Wildman–Crippen LogP) is 1.27. The van der Waals surface area contributed by atoms with E-state index in [1.54, 1.807) is 24.3 Å². The number of nitrogens with zero attached hydrogens (tertiary/aromatic N) is 1. The molecule has 1 saturated heterocycles. The average molecular weight is 251 g/mol. The Kier molecular flexibility index (Phi) is 2.94. The molecule has 0 atom stereocenters. The molecule has 0 bridgehead atoms. The first-order valence-electron chi connectivity index (χ1n) is 5.23. The lowest BCUT2D eigenvalue weighted by Crippen LogP contribution is -2.46. The quantitative estimate of drug-likeness (QED) is 0.811. The minimum atomic E-state index is -3.16. The molecule has 0 amide bonds. The normalized spacial score (nSPS) is 18.1. The Morgan fingerprint density at radius 2 is 1.94 bits per heavy atom. The molecule has 1 heterocycles. The SMILES string of the molecule is CS(=O)(=O)c1ccc(C2(CC#N)COC2)cc1. The van der Waals surface area contributed by atoms with Crippen molar-refractivity contribution in [1.82, 2.24) is 0 Å². The third kappa shape index (κ3) is 2.19. The summed E-state index contributed by atoms with van der Waals surface area (Å²) >= 11 is 0. The van der Waals surface area contributed by atoms with Gasteiger partial charge in [-0.05, 0) is 17.7 Å². The lowest BCUT2D eigenvalue weighted by atomic mass is 9.76. The van der Waals surface area contributed by atoms with Gasteiger partial charge in [0.25, 0.3) is 0 Å². The van der Waals surface area contributed by atoms with Crippen molar-refractivity contribution in [2.75, 3.05) is 19.5 Å². The van der Waals surface area contributed by atoms with E-state index in [1.165, 1.54) is 6.26 Å². The highest BCUT2D eigenvalue weighted by Crippen LogP contribution is 2.35. The number of nitriles is 1. The first-order chi connectivity index (χ1) is 7.98.